The quantitative estimate of drug-likeness (QED) is 0.781. The van der Waals surface area contributed by atoms with Gasteiger partial charge in [0.25, 0.3) is 5.91 Å². The Kier molecular flexibility index (Phi) is 5.62. The van der Waals surface area contributed by atoms with Crippen molar-refractivity contribution in [1.29, 1.82) is 0 Å². The Morgan fingerprint density at radius 1 is 1.22 bits per heavy atom. The molecule has 0 aliphatic rings. The summed E-state index contributed by atoms with van der Waals surface area (Å²) in [5.41, 5.74) is 1.18. The van der Waals surface area contributed by atoms with E-state index >= 15 is 0 Å². The van der Waals surface area contributed by atoms with Crippen molar-refractivity contribution in [1.82, 2.24) is 4.98 Å². The number of nitrogens with zero attached hydrogens (tertiary/aromatic N) is 1. The number of para-hydroxylation sites is 2. The van der Waals surface area contributed by atoms with Crippen molar-refractivity contribution in [3.8, 4) is 0 Å². The molecule has 0 spiro atoms. The fourth-order valence-corrected chi connectivity index (χ4v) is 3.07. The normalized spacial score (nSPS) is 11.0. The van der Waals surface area contributed by atoms with E-state index in [1.54, 1.807) is 54.4 Å². The van der Waals surface area contributed by atoms with Crippen LogP contribution in [-0.4, -0.2) is 31.3 Å². The van der Waals surface area contributed by atoms with Gasteiger partial charge in [-0.15, -0.1) is 11.8 Å². The van der Waals surface area contributed by atoms with Crippen LogP contribution in [0.25, 0.3) is 0 Å². The van der Waals surface area contributed by atoms with E-state index in [0.717, 1.165) is 17.0 Å². The third-order valence-corrected chi connectivity index (χ3v) is 4.16. The van der Waals surface area contributed by atoms with E-state index < -0.39 is 10.0 Å². The highest BCUT2D eigenvalue weighted by Gasteiger charge is 2.12. The summed E-state index contributed by atoms with van der Waals surface area (Å²) in [6.45, 7) is 2.01. The standard InChI is InChI=1S/C15H17N3O3S2/c1-3-22-14-10-11(8-9-16-14)15(19)17-12-6-4-5-7-13(12)18-23(2,20)21/h4-10,18H,3H2,1-2H3,(H,17,19). The van der Waals surface area contributed by atoms with Gasteiger partial charge in [0.15, 0.2) is 0 Å². The first-order valence-corrected chi connectivity index (χ1v) is 9.74. The van der Waals surface area contributed by atoms with Crippen LogP contribution in [0.3, 0.4) is 0 Å². The molecular formula is C15H17N3O3S2. The fourth-order valence-electron chi connectivity index (χ4n) is 1.85. The van der Waals surface area contributed by atoms with Gasteiger partial charge in [-0.05, 0) is 30.0 Å². The second-order valence-corrected chi connectivity index (χ2v) is 7.72. The van der Waals surface area contributed by atoms with Gasteiger partial charge < -0.3 is 5.32 Å². The van der Waals surface area contributed by atoms with Crippen molar-refractivity contribution in [3.63, 3.8) is 0 Å². The van der Waals surface area contributed by atoms with Crippen molar-refractivity contribution >= 4 is 39.1 Å². The first-order chi connectivity index (χ1) is 10.9. The molecule has 0 radical (unpaired) electrons. The molecule has 1 aromatic carbocycles. The minimum Gasteiger partial charge on any atom is -0.320 e. The van der Waals surface area contributed by atoms with Crippen molar-refractivity contribution < 1.29 is 13.2 Å². The van der Waals surface area contributed by atoms with Crippen molar-refractivity contribution in [3.05, 3.63) is 48.2 Å². The van der Waals surface area contributed by atoms with Crippen LogP contribution >= 0.6 is 11.8 Å². The lowest BCUT2D eigenvalue weighted by molar-refractivity contribution is 0.102. The van der Waals surface area contributed by atoms with Gasteiger partial charge in [-0.1, -0.05) is 19.1 Å². The minimum absolute atomic E-state index is 0.320. The van der Waals surface area contributed by atoms with Crippen LogP contribution in [0.1, 0.15) is 17.3 Å². The van der Waals surface area contributed by atoms with Crippen LogP contribution in [0.5, 0.6) is 0 Å². The lowest BCUT2D eigenvalue weighted by Gasteiger charge is -2.12. The Labute approximate surface area is 139 Å². The zero-order valence-electron chi connectivity index (χ0n) is 12.7. The van der Waals surface area contributed by atoms with Gasteiger partial charge in [-0.2, -0.15) is 0 Å². The van der Waals surface area contributed by atoms with Crippen LogP contribution in [0.4, 0.5) is 11.4 Å². The molecule has 2 N–H and O–H groups in total. The van der Waals surface area contributed by atoms with Gasteiger partial charge in [0.05, 0.1) is 22.7 Å². The molecule has 23 heavy (non-hydrogen) atoms. The summed E-state index contributed by atoms with van der Waals surface area (Å²) < 4.78 is 25.2. The van der Waals surface area contributed by atoms with Gasteiger partial charge in [0.1, 0.15) is 0 Å². The third kappa shape index (κ3) is 5.26. The Morgan fingerprint density at radius 3 is 2.57 bits per heavy atom. The first-order valence-electron chi connectivity index (χ1n) is 6.86. The number of carbonyl (C=O) groups excluding carboxylic acids is 1. The highest BCUT2D eigenvalue weighted by atomic mass is 32.2. The SMILES string of the molecule is CCSc1cc(C(=O)Nc2ccccc2NS(C)(=O)=O)ccn1. The lowest BCUT2D eigenvalue weighted by Crippen LogP contribution is -2.16. The van der Waals surface area contributed by atoms with Crippen LogP contribution < -0.4 is 10.0 Å². The van der Waals surface area contributed by atoms with Gasteiger partial charge in [-0.25, -0.2) is 13.4 Å². The number of anilines is 2. The number of hydrogen-bond donors (Lipinski definition) is 2. The molecule has 2 aromatic rings. The van der Waals surface area contributed by atoms with Crippen molar-refractivity contribution in [2.24, 2.45) is 0 Å². The first kappa shape index (κ1) is 17.3. The summed E-state index contributed by atoms with van der Waals surface area (Å²) in [7, 11) is -3.43. The summed E-state index contributed by atoms with van der Waals surface area (Å²) in [5, 5.41) is 3.48. The van der Waals surface area contributed by atoms with Crippen molar-refractivity contribution in [2.45, 2.75) is 11.9 Å². The number of amides is 1. The number of carbonyl (C=O) groups is 1. The van der Waals surface area contributed by atoms with Crippen LogP contribution in [-0.2, 0) is 10.0 Å². The van der Waals surface area contributed by atoms with E-state index in [-0.39, 0.29) is 5.91 Å². The maximum Gasteiger partial charge on any atom is 0.255 e. The second kappa shape index (κ2) is 7.47. The highest BCUT2D eigenvalue weighted by molar-refractivity contribution is 7.99. The van der Waals surface area contributed by atoms with Crippen LogP contribution in [0.15, 0.2) is 47.6 Å². The molecule has 0 aliphatic heterocycles. The van der Waals surface area contributed by atoms with Crippen LogP contribution in [0.2, 0.25) is 0 Å². The molecule has 1 aromatic heterocycles. The van der Waals surface area contributed by atoms with E-state index in [0.29, 0.717) is 16.9 Å². The summed E-state index contributed by atoms with van der Waals surface area (Å²) in [6, 6.07) is 9.94. The molecule has 0 aliphatic carbocycles. The molecule has 0 saturated carbocycles. The zero-order chi connectivity index (χ0) is 16.9. The van der Waals surface area contributed by atoms with E-state index in [9.17, 15) is 13.2 Å². The summed E-state index contributed by atoms with van der Waals surface area (Å²) >= 11 is 1.54. The summed E-state index contributed by atoms with van der Waals surface area (Å²) in [4.78, 5) is 16.5. The maximum atomic E-state index is 12.4. The van der Waals surface area contributed by atoms with Gasteiger partial charge in [0, 0.05) is 11.8 Å². The molecule has 1 amide bonds. The van der Waals surface area contributed by atoms with Crippen LogP contribution in [0, 0.1) is 0 Å². The van der Waals surface area contributed by atoms with Gasteiger partial charge in [-0.3, -0.25) is 9.52 Å². The molecule has 8 heteroatoms. The monoisotopic (exact) mass is 351 g/mol. The zero-order valence-corrected chi connectivity index (χ0v) is 14.4. The summed E-state index contributed by atoms with van der Waals surface area (Å²) in [5.74, 6) is 0.534. The molecule has 0 atom stereocenters. The Bertz CT molecular complexity index is 807. The van der Waals surface area contributed by atoms with E-state index in [2.05, 4.69) is 15.0 Å². The Balaban J connectivity index is 2.22. The number of pyridine rings is 1. The molecule has 1 heterocycles. The number of benzene rings is 1. The highest BCUT2D eigenvalue weighted by Crippen LogP contribution is 2.23. The predicted octanol–water partition coefficient (Wildman–Crippen LogP) is 2.82. The average molecular weight is 351 g/mol. The smallest absolute Gasteiger partial charge is 0.255 e. The molecule has 0 bridgehead atoms. The number of aromatic nitrogens is 1. The topological polar surface area (TPSA) is 88.2 Å². The Morgan fingerprint density at radius 2 is 1.91 bits per heavy atom. The van der Waals surface area contributed by atoms with Gasteiger partial charge >= 0.3 is 0 Å². The van der Waals surface area contributed by atoms with Gasteiger partial charge in [0.2, 0.25) is 10.0 Å². The number of nitrogens with one attached hydrogen (secondary N) is 2. The summed E-state index contributed by atoms with van der Waals surface area (Å²) in [6.07, 6.45) is 2.64. The number of hydrogen-bond acceptors (Lipinski definition) is 5. The molecule has 2 rings (SSSR count). The predicted molar refractivity (Wildman–Crippen MR) is 93.5 cm³/mol. The molecule has 0 unspecified atom stereocenters. The lowest BCUT2D eigenvalue weighted by atomic mass is 10.2. The number of sulfonamides is 1. The van der Waals surface area contributed by atoms with Crippen molar-refractivity contribution in [2.75, 3.05) is 22.0 Å². The minimum atomic E-state index is -3.43. The molecule has 6 nitrogen and oxygen atoms in total. The Hall–Kier alpha value is -2.06. The fraction of sp³-hybridized carbons (Fsp3) is 0.200. The largest absolute Gasteiger partial charge is 0.320 e. The maximum absolute atomic E-state index is 12.4. The average Bonchev–Trinajstić information content (AvgIpc) is 2.48. The van der Waals surface area contributed by atoms with E-state index in [1.807, 2.05) is 6.92 Å². The molecule has 0 fully saturated rings. The molecular weight excluding hydrogens is 334 g/mol. The van der Waals surface area contributed by atoms with E-state index in [4.69, 9.17) is 0 Å². The molecule has 0 saturated heterocycles. The number of rotatable bonds is 6. The number of thioether (sulfide) groups is 1. The molecule has 122 valence electrons. The van der Waals surface area contributed by atoms with E-state index in [1.165, 1.54) is 0 Å². The third-order valence-electron chi connectivity index (χ3n) is 2.76. The second-order valence-electron chi connectivity index (χ2n) is 4.69.